The average Bonchev–Trinajstić information content (AvgIpc) is 2.90. The molecule has 3 fully saturated rings. The highest BCUT2D eigenvalue weighted by Gasteiger charge is 2.75. The second kappa shape index (κ2) is 6.97. The van der Waals surface area contributed by atoms with Crippen LogP contribution in [0, 0.1) is 28.6 Å². The molecular weight excluding hydrogens is 419 g/mol. The number of carbonyl (C=O) groups excluding carboxylic acids is 3. The fourth-order valence-corrected chi connectivity index (χ4v) is 7.49. The number of fused-ring (bicyclic) bond motifs is 5. The van der Waals surface area contributed by atoms with Crippen LogP contribution in [0.25, 0.3) is 0 Å². The summed E-state index contributed by atoms with van der Waals surface area (Å²) in [7, 11) is 0. The van der Waals surface area contributed by atoms with Gasteiger partial charge in [0.25, 0.3) is 0 Å². The number of hydrogen-bond donors (Lipinski definition) is 3. The van der Waals surface area contributed by atoms with Crippen LogP contribution in [0.5, 0.6) is 0 Å². The average molecular weight is 451 g/mol. The maximum absolute atomic E-state index is 17.1. The van der Waals surface area contributed by atoms with E-state index in [2.05, 4.69) is 0 Å². The molecule has 0 aromatic heterocycles. The molecule has 4 aliphatic rings. The van der Waals surface area contributed by atoms with Crippen molar-refractivity contribution in [3.8, 4) is 0 Å². The van der Waals surface area contributed by atoms with Gasteiger partial charge in [-0.1, -0.05) is 19.4 Å². The van der Waals surface area contributed by atoms with Crippen LogP contribution in [0.4, 0.5) is 4.39 Å². The third-order valence-corrected chi connectivity index (χ3v) is 9.14. The molecule has 8 atom stereocenters. The van der Waals surface area contributed by atoms with Gasteiger partial charge in [-0.25, -0.2) is 4.39 Å². The number of aliphatic hydroxyl groups excluding tert-OH is 2. The van der Waals surface area contributed by atoms with Crippen LogP contribution in [-0.4, -0.2) is 56.8 Å². The molecule has 3 N–H and O–H groups in total. The number of ketones is 2. The lowest BCUT2D eigenvalue weighted by Gasteiger charge is -2.62. The third-order valence-electron chi connectivity index (χ3n) is 9.14. The van der Waals surface area contributed by atoms with Gasteiger partial charge in [0.05, 0.1) is 6.10 Å². The zero-order valence-corrected chi connectivity index (χ0v) is 18.9. The number of esters is 1. The summed E-state index contributed by atoms with van der Waals surface area (Å²) in [5.74, 6) is -4.06. The van der Waals surface area contributed by atoms with Crippen molar-refractivity contribution in [3.05, 3.63) is 23.5 Å². The standard InChI is InChI=1S/C24H31FO7/c1-12-7-16-15-6-5-14-8-17(27)18(28)9-21(14,3)23(15,25)19(29)10-22(16,4)24(12,31)20(30)11-32-13(2)26/h8-9,12,15-16,19,28-29,31H,5-7,10-11H2,1-4H3/t12-,15+,16+,19+,21+,22+,23+,24+/m1/s1. The summed E-state index contributed by atoms with van der Waals surface area (Å²) in [4.78, 5) is 36.3. The van der Waals surface area contributed by atoms with Gasteiger partial charge in [0.2, 0.25) is 11.6 Å². The van der Waals surface area contributed by atoms with Crippen molar-refractivity contribution in [2.24, 2.45) is 28.6 Å². The molecule has 4 rings (SSSR count). The summed E-state index contributed by atoms with van der Waals surface area (Å²) < 4.78 is 21.9. The first-order valence-corrected chi connectivity index (χ1v) is 11.2. The summed E-state index contributed by atoms with van der Waals surface area (Å²) in [6.07, 6.45) is 1.89. The smallest absolute Gasteiger partial charge is 0.303 e. The van der Waals surface area contributed by atoms with E-state index in [1.54, 1.807) is 20.8 Å². The number of halogens is 1. The summed E-state index contributed by atoms with van der Waals surface area (Å²) in [5.41, 5.74) is -6.03. The first-order chi connectivity index (χ1) is 14.7. The number of hydrogen-bond acceptors (Lipinski definition) is 7. The predicted octanol–water partition coefficient (Wildman–Crippen LogP) is 2.35. The molecule has 176 valence electrons. The fraction of sp³-hybridized carbons (Fsp3) is 0.708. The number of rotatable bonds is 3. The molecule has 0 aromatic carbocycles. The number of aliphatic hydroxyl groups is 3. The molecule has 0 unspecified atom stereocenters. The summed E-state index contributed by atoms with van der Waals surface area (Å²) in [6, 6.07) is 0. The Kier molecular flexibility index (Phi) is 5.03. The minimum Gasteiger partial charge on any atom is -0.504 e. The van der Waals surface area contributed by atoms with Crippen LogP contribution in [0.2, 0.25) is 0 Å². The lowest BCUT2D eigenvalue weighted by atomic mass is 9.44. The van der Waals surface area contributed by atoms with Gasteiger partial charge in [0.1, 0.15) is 5.60 Å². The highest BCUT2D eigenvalue weighted by atomic mass is 19.1. The normalized spacial score (nSPS) is 47.5. The maximum Gasteiger partial charge on any atom is 0.303 e. The Morgan fingerprint density at radius 1 is 1.28 bits per heavy atom. The van der Waals surface area contributed by atoms with Gasteiger partial charge in [-0.2, -0.15) is 0 Å². The van der Waals surface area contributed by atoms with E-state index >= 15 is 4.39 Å². The Labute approximate surface area is 186 Å². The highest BCUT2D eigenvalue weighted by Crippen LogP contribution is 2.70. The van der Waals surface area contributed by atoms with Gasteiger partial charge >= 0.3 is 5.97 Å². The molecule has 0 bridgehead atoms. The van der Waals surface area contributed by atoms with Crippen LogP contribution >= 0.6 is 0 Å². The van der Waals surface area contributed by atoms with E-state index in [-0.39, 0.29) is 6.42 Å². The molecule has 0 heterocycles. The number of ether oxygens (including phenoxy) is 1. The van der Waals surface area contributed by atoms with Crippen molar-refractivity contribution in [3.63, 3.8) is 0 Å². The van der Waals surface area contributed by atoms with Crippen LogP contribution in [0.3, 0.4) is 0 Å². The van der Waals surface area contributed by atoms with Crippen molar-refractivity contribution >= 4 is 17.5 Å². The second-order valence-corrected chi connectivity index (χ2v) is 10.5. The van der Waals surface area contributed by atoms with Gasteiger partial charge in [0.15, 0.2) is 18.0 Å². The van der Waals surface area contributed by atoms with E-state index in [1.807, 2.05) is 0 Å². The van der Waals surface area contributed by atoms with Gasteiger partial charge in [-0.3, -0.25) is 14.4 Å². The molecule has 7 nitrogen and oxygen atoms in total. The second-order valence-electron chi connectivity index (χ2n) is 10.5. The van der Waals surface area contributed by atoms with Gasteiger partial charge in [-0.15, -0.1) is 0 Å². The van der Waals surface area contributed by atoms with E-state index in [1.165, 1.54) is 19.1 Å². The van der Waals surface area contributed by atoms with Crippen molar-refractivity contribution < 1.29 is 38.8 Å². The maximum atomic E-state index is 17.1. The Morgan fingerprint density at radius 2 is 1.94 bits per heavy atom. The van der Waals surface area contributed by atoms with Crippen molar-refractivity contribution in [2.75, 3.05) is 6.61 Å². The lowest BCUT2D eigenvalue weighted by molar-refractivity contribution is -0.220. The van der Waals surface area contributed by atoms with Gasteiger partial charge in [-0.05, 0) is 56.6 Å². The zero-order valence-electron chi connectivity index (χ0n) is 18.9. The van der Waals surface area contributed by atoms with Crippen LogP contribution in [-0.2, 0) is 19.1 Å². The zero-order chi connectivity index (χ0) is 23.9. The monoisotopic (exact) mass is 450 g/mol. The van der Waals surface area contributed by atoms with Gasteiger partial charge in [0, 0.05) is 23.7 Å². The number of carbonyl (C=O) groups is 3. The summed E-state index contributed by atoms with van der Waals surface area (Å²) >= 11 is 0. The van der Waals surface area contributed by atoms with Crippen LogP contribution in [0.1, 0.15) is 53.4 Å². The van der Waals surface area contributed by atoms with E-state index in [0.29, 0.717) is 24.8 Å². The van der Waals surface area contributed by atoms with E-state index in [0.717, 1.165) is 0 Å². The van der Waals surface area contributed by atoms with E-state index in [9.17, 15) is 29.7 Å². The Bertz CT molecular complexity index is 956. The van der Waals surface area contributed by atoms with E-state index < -0.39 is 75.9 Å². The van der Waals surface area contributed by atoms with E-state index in [4.69, 9.17) is 4.74 Å². The number of Topliss-reactive ketones (excluding diaryl/α,β-unsaturated/α-hetero) is 1. The Hall–Kier alpha value is -2.06. The van der Waals surface area contributed by atoms with Crippen molar-refractivity contribution in [2.45, 2.75) is 70.8 Å². The van der Waals surface area contributed by atoms with Crippen molar-refractivity contribution in [1.82, 2.24) is 0 Å². The molecule has 4 aliphatic carbocycles. The molecule has 0 aliphatic heterocycles. The topological polar surface area (TPSA) is 121 Å². The molecule has 0 aromatic rings. The molecule has 0 amide bonds. The molecule has 0 radical (unpaired) electrons. The fourth-order valence-electron chi connectivity index (χ4n) is 7.49. The SMILES string of the molecule is CC(=O)OCC(=O)[C@@]1(O)[C@H](C)C[C@H]2[C@@H]3CCC4=CC(=O)C(O)=C[C@]4(C)[C@@]3(F)[C@@H](O)C[C@@]21C. The minimum absolute atomic E-state index is 0.178. The molecule has 0 spiro atoms. The number of allylic oxidation sites excluding steroid dienone is 3. The first kappa shape index (κ1) is 23.1. The predicted molar refractivity (Wildman–Crippen MR) is 111 cm³/mol. The highest BCUT2D eigenvalue weighted by molar-refractivity contribution is 6.04. The third kappa shape index (κ3) is 2.62. The van der Waals surface area contributed by atoms with Gasteiger partial charge < -0.3 is 20.1 Å². The summed E-state index contributed by atoms with van der Waals surface area (Å²) in [6.45, 7) is 5.62. The Morgan fingerprint density at radius 3 is 2.56 bits per heavy atom. The molecular formula is C24H31FO7. The van der Waals surface area contributed by atoms with Crippen molar-refractivity contribution in [1.29, 1.82) is 0 Å². The quantitative estimate of drug-likeness (QED) is 0.565. The minimum atomic E-state index is -2.18. The lowest BCUT2D eigenvalue weighted by Crippen LogP contribution is -2.69. The number of alkyl halides is 1. The Balaban J connectivity index is 1.77. The largest absolute Gasteiger partial charge is 0.504 e. The molecule has 0 saturated heterocycles. The first-order valence-electron chi connectivity index (χ1n) is 11.2. The molecule has 3 saturated carbocycles. The van der Waals surface area contributed by atoms with Crippen LogP contribution < -0.4 is 0 Å². The molecule has 32 heavy (non-hydrogen) atoms. The summed E-state index contributed by atoms with van der Waals surface area (Å²) in [5, 5.41) is 33.0. The molecule has 8 heteroatoms. The van der Waals surface area contributed by atoms with Crippen LogP contribution in [0.15, 0.2) is 23.5 Å².